The molecule has 1 aliphatic heterocycles. The number of unbranched alkanes of at least 4 members (excludes halogenated alkanes) is 2. The third-order valence-electron chi connectivity index (χ3n) is 6.61. The van der Waals surface area contributed by atoms with Crippen molar-refractivity contribution in [2.45, 2.75) is 64.8 Å². The van der Waals surface area contributed by atoms with Gasteiger partial charge < -0.3 is 19.1 Å². The lowest BCUT2D eigenvalue weighted by atomic mass is 10.1. The molecule has 0 bridgehead atoms. The van der Waals surface area contributed by atoms with Crippen LogP contribution in [0.5, 0.6) is 5.75 Å². The maximum atomic E-state index is 13.0. The number of ether oxygens (including phenoxy) is 1. The zero-order valence-corrected chi connectivity index (χ0v) is 20.9. The molecule has 0 radical (unpaired) electrons. The van der Waals surface area contributed by atoms with Gasteiger partial charge in [0.2, 0.25) is 11.7 Å². The van der Waals surface area contributed by atoms with Gasteiger partial charge in [-0.15, -0.1) is 0 Å². The quantitative estimate of drug-likeness (QED) is 0.341. The van der Waals surface area contributed by atoms with Crippen LogP contribution in [0.4, 0.5) is 0 Å². The number of methoxy groups -OCH3 is 1. The fourth-order valence-electron chi connectivity index (χ4n) is 4.68. The first-order valence-corrected chi connectivity index (χ1v) is 12.7. The molecule has 5 rings (SSSR count). The van der Waals surface area contributed by atoms with E-state index in [4.69, 9.17) is 19.2 Å². The van der Waals surface area contributed by atoms with Gasteiger partial charge in [-0.3, -0.25) is 4.79 Å². The normalized spacial score (nSPS) is 13.4. The molecule has 4 aromatic rings. The first-order valence-electron chi connectivity index (χ1n) is 12.7. The highest BCUT2D eigenvalue weighted by atomic mass is 16.5. The van der Waals surface area contributed by atoms with Crippen LogP contribution >= 0.6 is 0 Å². The Bertz CT molecular complexity index is 1340. The molecular formula is C27H32N6O3. The number of nitrogens with zero attached hydrogens (tertiary/aromatic N) is 5. The van der Waals surface area contributed by atoms with Crippen molar-refractivity contribution in [2.24, 2.45) is 0 Å². The minimum atomic E-state index is -0.0835. The maximum absolute atomic E-state index is 13.0. The van der Waals surface area contributed by atoms with Crippen molar-refractivity contribution in [1.29, 1.82) is 0 Å². The van der Waals surface area contributed by atoms with E-state index in [0.717, 1.165) is 79.1 Å². The lowest BCUT2D eigenvalue weighted by molar-refractivity contribution is 0.0954. The summed E-state index contributed by atoms with van der Waals surface area (Å²) >= 11 is 0. The van der Waals surface area contributed by atoms with Crippen LogP contribution < -0.4 is 10.1 Å². The number of rotatable bonds is 9. The first-order chi connectivity index (χ1) is 17.6. The van der Waals surface area contributed by atoms with Crippen molar-refractivity contribution >= 4 is 17.1 Å². The molecule has 0 saturated carbocycles. The van der Waals surface area contributed by atoms with E-state index in [0.29, 0.717) is 30.2 Å². The number of pyridine rings is 1. The molecule has 9 nitrogen and oxygen atoms in total. The number of aromatic nitrogens is 5. The molecule has 0 saturated heterocycles. The number of fused-ring (bicyclic) bond motifs is 3. The van der Waals surface area contributed by atoms with Gasteiger partial charge in [0.1, 0.15) is 17.1 Å². The Morgan fingerprint density at radius 2 is 1.94 bits per heavy atom. The summed E-state index contributed by atoms with van der Waals surface area (Å²) in [5, 5.41) is 7.15. The smallest absolute Gasteiger partial charge is 0.253 e. The zero-order valence-electron chi connectivity index (χ0n) is 20.9. The molecule has 0 spiro atoms. The van der Waals surface area contributed by atoms with Crippen LogP contribution in [0.1, 0.15) is 66.3 Å². The molecule has 1 aliphatic rings. The minimum Gasteiger partial charge on any atom is -0.497 e. The molecule has 1 aromatic carbocycles. The van der Waals surface area contributed by atoms with Gasteiger partial charge in [-0.05, 0) is 62.9 Å². The van der Waals surface area contributed by atoms with E-state index in [2.05, 4.69) is 20.0 Å². The topological polar surface area (TPSA) is 108 Å². The molecule has 0 atom stereocenters. The monoisotopic (exact) mass is 488 g/mol. The molecule has 36 heavy (non-hydrogen) atoms. The number of aryl methyl sites for hydroxylation is 4. The molecule has 4 heterocycles. The second kappa shape index (κ2) is 10.9. The highest BCUT2D eigenvalue weighted by Crippen LogP contribution is 2.24. The van der Waals surface area contributed by atoms with Gasteiger partial charge in [-0.1, -0.05) is 18.0 Å². The molecule has 188 valence electrons. The Hall–Kier alpha value is -3.75. The third-order valence-corrected chi connectivity index (χ3v) is 6.61. The van der Waals surface area contributed by atoms with Gasteiger partial charge >= 0.3 is 0 Å². The molecule has 1 N–H and O–H groups in total. The van der Waals surface area contributed by atoms with Crippen molar-refractivity contribution in [3.8, 4) is 17.1 Å². The van der Waals surface area contributed by atoms with Gasteiger partial charge in [-0.25, -0.2) is 9.97 Å². The standard InChI is InChI=1S/C27H32N6O3/c1-18-17-21(24-26(29-18)33-16-8-4-5-9-22(33)30-24)27(34)28-15-7-3-6-10-23-31-25(32-36-23)19-11-13-20(35-2)14-12-19/h11-14,17H,3-10,15-16H2,1-2H3,(H,28,34). The predicted octanol–water partition coefficient (Wildman–Crippen LogP) is 4.67. The van der Waals surface area contributed by atoms with Crippen LogP contribution in [0.2, 0.25) is 0 Å². The Morgan fingerprint density at radius 3 is 2.78 bits per heavy atom. The first kappa shape index (κ1) is 24.0. The van der Waals surface area contributed by atoms with Crippen LogP contribution in [-0.2, 0) is 19.4 Å². The van der Waals surface area contributed by atoms with Crippen LogP contribution in [0, 0.1) is 6.92 Å². The summed E-state index contributed by atoms with van der Waals surface area (Å²) in [5.41, 5.74) is 3.91. The van der Waals surface area contributed by atoms with Crippen LogP contribution in [0.25, 0.3) is 22.6 Å². The fraction of sp³-hybridized carbons (Fsp3) is 0.444. The second-order valence-electron chi connectivity index (χ2n) is 9.28. The lowest BCUT2D eigenvalue weighted by Gasteiger charge is -2.08. The number of amides is 1. The molecule has 9 heteroatoms. The number of nitrogens with one attached hydrogen (secondary N) is 1. The number of benzene rings is 1. The van der Waals surface area contributed by atoms with Crippen molar-refractivity contribution < 1.29 is 14.1 Å². The third kappa shape index (κ3) is 5.24. The highest BCUT2D eigenvalue weighted by molar-refractivity contribution is 6.04. The van der Waals surface area contributed by atoms with Gasteiger partial charge in [0, 0.05) is 37.2 Å². The van der Waals surface area contributed by atoms with E-state index in [-0.39, 0.29) is 5.91 Å². The summed E-state index contributed by atoms with van der Waals surface area (Å²) in [4.78, 5) is 27.0. The number of carbonyl (C=O) groups excluding carboxylic acids is 1. The van der Waals surface area contributed by atoms with E-state index in [1.165, 1.54) is 6.42 Å². The fourth-order valence-corrected chi connectivity index (χ4v) is 4.68. The Labute approximate surface area is 210 Å². The molecule has 0 fully saturated rings. The van der Waals surface area contributed by atoms with E-state index in [9.17, 15) is 4.79 Å². The van der Waals surface area contributed by atoms with Crippen LogP contribution in [0.3, 0.4) is 0 Å². The Balaban J connectivity index is 1.11. The Kier molecular flexibility index (Phi) is 7.25. The number of carbonyl (C=O) groups is 1. The summed E-state index contributed by atoms with van der Waals surface area (Å²) in [6.45, 7) is 3.46. The van der Waals surface area contributed by atoms with Gasteiger partial charge in [0.05, 0.1) is 12.7 Å². The Morgan fingerprint density at radius 1 is 1.08 bits per heavy atom. The SMILES string of the molecule is COc1ccc(-c2noc(CCCCCNC(=O)c3cc(C)nc4c3nc3n4CCCCC3)n2)cc1. The van der Waals surface area contributed by atoms with Crippen molar-refractivity contribution in [3.05, 3.63) is 53.3 Å². The zero-order chi connectivity index (χ0) is 24.9. The number of hydrogen-bond acceptors (Lipinski definition) is 7. The average molecular weight is 489 g/mol. The highest BCUT2D eigenvalue weighted by Gasteiger charge is 2.20. The molecular weight excluding hydrogens is 456 g/mol. The van der Waals surface area contributed by atoms with Crippen molar-refractivity contribution in [2.75, 3.05) is 13.7 Å². The number of imidazole rings is 1. The summed E-state index contributed by atoms with van der Waals surface area (Å²) < 4.78 is 12.8. The maximum Gasteiger partial charge on any atom is 0.253 e. The summed E-state index contributed by atoms with van der Waals surface area (Å²) in [5.74, 6) is 2.96. The van der Waals surface area contributed by atoms with Crippen LogP contribution in [0.15, 0.2) is 34.9 Å². The van der Waals surface area contributed by atoms with E-state index in [1.807, 2.05) is 37.3 Å². The molecule has 0 unspecified atom stereocenters. The average Bonchev–Trinajstić information content (AvgIpc) is 3.43. The van der Waals surface area contributed by atoms with Crippen molar-refractivity contribution in [1.82, 2.24) is 30.0 Å². The van der Waals surface area contributed by atoms with Crippen molar-refractivity contribution in [3.63, 3.8) is 0 Å². The van der Waals surface area contributed by atoms with E-state index >= 15 is 0 Å². The summed E-state index contributed by atoms with van der Waals surface area (Å²) in [6.07, 6.45) is 7.85. The minimum absolute atomic E-state index is 0.0835. The predicted molar refractivity (Wildman–Crippen MR) is 136 cm³/mol. The van der Waals surface area contributed by atoms with E-state index in [1.54, 1.807) is 7.11 Å². The number of hydrogen-bond donors (Lipinski definition) is 1. The van der Waals surface area contributed by atoms with Gasteiger partial charge in [0.15, 0.2) is 5.65 Å². The summed E-state index contributed by atoms with van der Waals surface area (Å²) in [6, 6.07) is 9.42. The van der Waals surface area contributed by atoms with Gasteiger partial charge in [0.25, 0.3) is 5.91 Å². The second-order valence-corrected chi connectivity index (χ2v) is 9.28. The van der Waals surface area contributed by atoms with Crippen LogP contribution in [-0.4, -0.2) is 44.2 Å². The molecule has 3 aromatic heterocycles. The largest absolute Gasteiger partial charge is 0.497 e. The summed E-state index contributed by atoms with van der Waals surface area (Å²) in [7, 11) is 1.64. The van der Waals surface area contributed by atoms with E-state index < -0.39 is 0 Å². The molecule has 0 aliphatic carbocycles. The lowest BCUT2D eigenvalue weighted by Crippen LogP contribution is -2.25. The molecule has 1 amide bonds. The van der Waals surface area contributed by atoms with Gasteiger partial charge in [-0.2, -0.15) is 4.98 Å².